The SMILES string of the molecule is COc1cc(I)c[nH]c1=O. The number of H-pyrrole nitrogens is 1. The second-order valence-electron chi connectivity index (χ2n) is 1.72. The van der Waals surface area contributed by atoms with Gasteiger partial charge in [0, 0.05) is 15.8 Å². The molecule has 0 spiro atoms. The lowest BCUT2D eigenvalue weighted by atomic mass is 10.5. The molecule has 0 aliphatic carbocycles. The Balaban J connectivity index is 3.22. The standard InChI is InChI=1S/C6H6INO2/c1-10-5-2-4(7)3-8-6(5)9/h2-3H,1H3,(H,8,9). The van der Waals surface area contributed by atoms with Crippen molar-refractivity contribution in [3.8, 4) is 5.75 Å². The van der Waals surface area contributed by atoms with Gasteiger partial charge >= 0.3 is 0 Å². The molecule has 0 aliphatic rings. The number of ether oxygens (including phenoxy) is 1. The van der Waals surface area contributed by atoms with Gasteiger partial charge in [-0.1, -0.05) is 0 Å². The van der Waals surface area contributed by atoms with E-state index in [0.717, 1.165) is 3.57 Å². The monoisotopic (exact) mass is 251 g/mol. The summed E-state index contributed by atoms with van der Waals surface area (Å²) in [7, 11) is 1.47. The van der Waals surface area contributed by atoms with Crippen LogP contribution in [0.1, 0.15) is 0 Å². The van der Waals surface area contributed by atoms with Gasteiger partial charge in [0.25, 0.3) is 5.56 Å². The molecule has 0 aromatic carbocycles. The highest BCUT2D eigenvalue weighted by molar-refractivity contribution is 14.1. The van der Waals surface area contributed by atoms with Crippen LogP contribution in [-0.4, -0.2) is 12.1 Å². The summed E-state index contributed by atoms with van der Waals surface area (Å²) in [5, 5.41) is 0. The summed E-state index contributed by atoms with van der Waals surface area (Å²) in [6.45, 7) is 0. The maximum Gasteiger partial charge on any atom is 0.290 e. The number of aromatic amines is 1. The van der Waals surface area contributed by atoms with Crippen LogP contribution in [0.15, 0.2) is 17.1 Å². The number of hydrogen-bond donors (Lipinski definition) is 1. The lowest BCUT2D eigenvalue weighted by Gasteiger charge is -1.96. The third-order valence-electron chi connectivity index (χ3n) is 1.05. The lowest BCUT2D eigenvalue weighted by Crippen LogP contribution is -2.08. The van der Waals surface area contributed by atoms with E-state index in [2.05, 4.69) is 27.6 Å². The topological polar surface area (TPSA) is 42.1 Å². The molecule has 0 saturated heterocycles. The summed E-state index contributed by atoms with van der Waals surface area (Å²) in [6.07, 6.45) is 1.63. The molecule has 0 aliphatic heterocycles. The third-order valence-corrected chi connectivity index (χ3v) is 1.68. The minimum atomic E-state index is -0.192. The van der Waals surface area contributed by atoms with E-state index in [-0.39, 0.29) is 5.56 Å². The molecule has 4 heteroatoms. The number of methoxy groups -OCH3 is 1. The van der Waals surface area contributed by atoms with E-state index >= 15 is 0 Å². The highest BCUT2D eigenvalue weighted by Gasteiger charge is 1.96. The second-order valence-corrected chi connectivity index (χ2v) is 2.96. The van der Waals surface area contributed by atoms with Gasteiger partial charge in [-0.05, 0) is 22.6 Å². The highest BCUT2D eigenvalue weighted by atomic mass is 127. The lowest BCUT2D eigenvalue weighted by molar-refractivity contribution is 0.408. The van der Waals surface area contributed by atoms with Crippen molar-refractivity contribution in [2.75, 3.05) is 7.11 Å². The van der Waals surface area contributed by atoms with Gasteiger partial charge in [0.05, 0.1) is 7.11 Å². The maximum atomic E-state index is 10.8. The molecule has 1 heterocycles. The highest BCUT2D eigenvalue weighted by Crippen LogP contribution is 2.06. The average molecular weight is 251 g/mol. The van der Waals surface area contributed by atoms with Crippen molar-refractivity contribution >= 4 is 22.6 Å². The zero-order chi connectivity index (χ0) is 7.56. The predicted molar refractivity (Wildman–Crippen MR) is 46.3 cm³/mol. The molecule has 54 valence electrons. The number of halogens is 1. The molecule has 3 nitrogen and oxygen atoms in total. The Morgan fingerprint density at radius 1 is 1.70 bits per heavy atom. The van der Waals surface area contributed by atoms with E-state index in [0.29, 0.717) is 5.75 Å². The molecule has 0 fully saturated rings. The van der Waals surface area contributed by atoms with Crippen LogP contribution in [0.3, 0.4) is 0 Å². The van der Waals surface area contributed by atoms with Gasteiger partial charge in [-0.15, -0.1) is 0 Å². The Morgan fingerprint density at radius 2 is 2.40 bits per heavy atom. The fourth-order valence-corrected chi connectivity index (χ4v) is 1.03. The van der Waals surface area contributed by atoms with Crippen LogP contribution >= 0.6 is 22.6 Å². The molecule has 0 amide bonds. The van der Waals surface area contributed by atoms with Crippen LogP contribution in [0, 0.1) is 3.57 Å². The predicted octanol–water partition coefficient (Wildman–Crippen LogP) is 0.988. The van der Waals surface area contributed by atoms with Gasteiger partial charge in [-0.3, -0.25) is 4.79 Å². The van der Waals surface area contributed by atoms with Crippen molar-refractivity contribution in [2.24, 2.45) is 0 Å². The van der Waals surface area contributed by atoms with Crippen LogP contribution in [0.2, 0.25) is 0 Å². The zero-order valence-corrected chi connectivity index (χ0v) is 7.51. The number of rotatable bonds is 1. The Morgan fingerprint density at radius 3 is 2.90 bits per heavy atom. The van der Waals surface area contributed by atoms with Gasteiger partial charge in [0.2, 0.25) is 0 Å². The van der Waals surface area contributed by atoms with Crippen LogP contribution in [-0.2, 0) is 0 Å². The van der Waals surface area contributed by atoms with E-state index in [9.17, 15) is 4.79 Å². The molecule has 1 rings (SSSR count). The first-order chi connectivity index (χ1) is 4.74. The summed E-state index contributed by atoms with van der Waals surface area (Å²) in [5.74, 6) is 0.354. The van der Waals surface area contributed by atoms with Crippen molar-refractivity contribution in [1.82, 2.24) is 4.98 Å². The Bertz CT molecular complexity index is 281. The smallest absolute Gasteiger partial charge is 0.290 e. The number of nitrogens with one attached hydrogen (secondary N) is 1. The van der Waals surface area contributed by atoms with Gasteiger partial charge in [-0.2, -0.15) is 0 Å². The Hall–Kier alpha value is -0.520. The van der Waals surface area contributed by atoms with Crippen molar-refractivity contribution in [2.45, 2.75) is 0 Å². The fraction of sp³-hybridized carbons (Fsp3) is 0.167. The first-order valence-electron chi connectivity index (χ1n) is 2.66. The van der Waals surface area contributed by atoms with Gasteiger partial charge in [-0.25, -0.2) is 0 Å². The van der Waals surface area contributed by atoms with E-state index in [1.807, 2.05) is 0 Å². The average Bonchev–Trinajstić information content (AvgIpc) is 1.94. The number of aromatic nitrogens is 1. The summed E-state index contributed by atoms with van der Waals surface area (Å²) in [6, 6.07) is 1.68. The van der Waals surface area contributed by atoms with Crippen molar-refractivity contribution < 1.29 is 4.74 Å². The summed E-state index contributed by atoms with van der Waals surface area (Å²) >= 11 is 2.10. The molecule has 0 bridgehead atoms. The normalized spacial score (nSPS) is 9.40. The molecule has 1 N–H and O–H groups in total. The molecule has 1 aromatic heterocycles. The van der Waals surface area contributed by atoms with Crippen LogP contribution in [0.25, 0.3) is 0 Å². The van der Waals surface area contributed by atoms with Gasteiger partial charge in [0.1, 0.15) is 0 Å². The number of pyridine rings is 1. The third kappa shape index (κ3) is 1.50. The quantitative estimate of drug-likeness (QED) is 0.756. The van der Waals surface area contributed by atoms with E-state index < -0.39 is 0 Å². The Kier molecular flexibility index (Phi) is 2.31. The molecular formula is C6H6INO2. The summed E-state index contributed by atoms with van der Waals surface area (Å²) in [4.78, 5) is 13.3. The van der Waals surface area contributed by atoms with Crippen LogP contribution in [0.5, 0.6) is 5.75 Å². The van der Waals surface area contributed by atoms with Crippen molar-refractivity contribution in [1.29, 1.82) is 0 Å². The molecule has 0 unspecified atom stereocenters. The van der Waals surface area contributed by atoms with E-state index in [1.165, 1.54) is 7.11 Å². The molecule has 0 radical (unpaired) electrons. The molecular weight excluding hydrogens is 245 g/mol. The van der Waals surface area contributed by atoms with Gasteiger partial charge in [0.15, 0.2) is 5.75 Å². The zero-order valence-electron chi connectivity index (χ0n) is 5.35. The number of hydrogen-bond acceptors (Lipinski definition) is 2. The Labute approximate surface area is 71.6 Å². The largest absolute Gasteiger partial charge is 0.491 e. The van der Waals surface area contributed by atoms with Crippen molar-refractivity contribution in [3.05, 3.63) is 26.2 Å². The molecule has 0 atom stereocenters. The maximum absolute atomic E-state index is 10.8. The molecule has 0 saturated carbocycles. The van der Waals surface area contributed by atoms with E-state index in [4.69, 9.17) is 4.74 Å². The van der Waals surface area contributed by atoms with Crippen LogP contribution < -0.4 is 10.3 Å². The second kappa shape index (κ2) is 3.05. The minimum absolute atomic E-state index is 0.192. The van der Waals surface area contributed by atoms with Gasteiger partial charge < -0.3 is 9.72 Å². The summed E-state index contributed by atoms with van der Waals surface area (Å²) < 4.78 is 5.73. The first kappa shape index (κ1) is 7.59. The fourth-order valence-electron chi connectivity index (χ4n) is 0.590. The van der Waals surface area contributed by atoms with E-state index in [1.54, 1.807) is 12.3 Å². The summed E-state index contributed by atoms with van der Waals surface area (Å²) in [5.41, 5.74) is -0.192. The minimum Gasteiger partial charge on any atom is -0.491 e. The molecule has 10 heavy (non-hydrogen) atoms. The van der Waals surface area contributed by atoms with Crippen LogP contribution in [0.4, 0.5) is 0 Å². The first-order valence-corrected chi connectivity index (χ1v) is 3.74. The molecule has 1 aromatic rings. The van der Waals surface area contributed by atoms with Crippen molar-refractivity contribution in [3.63, 3.8) is 0 Å².